The number of hydrogen-bond donors (Lipinski definition) is 2. The first kappa shape index (κ1) is 16.5. The third-order valence-corrected chi connectivity index (χ3v) is 3.14. The van der Waals surface area contributed by atoms with E-state index >= 15 is 0 Å². The van der Waals surface area contributed by atoms with Crippen LogP contribution in [-0.4, -0.2) is 17.0 Å². The fourth-order valence-corrected chi connectivity index (χ4v) is 2.01. The van der Waals surface area contributed by atoms with E-state index in [1.807, 2.05) is 0 Å². The van der Waals surface area contributed by atoms with Gasteiger partial charge in [-0.05, 0) is 29.3 Å². The van der Waals surface area contributed by atoms with Gasteiger partial charge in [-0.1, -0.05) is 24.3 Å². The van der Waals surface area contributed by atoms with Crippen LogP contribution < -0.4 is 5.32 Å². The van der Waals surface area contributed by atoms with E-state index in [4.69, 9.17) is 5.11 Å². The van der Waals surface area contributed by atoms with Crippen LogP contribution in [0, 0.1) is 17.5 Å². The molecule has 0 heterocycles. The summed E-state index contributed by atoms with van der Waals surface area (Å²) in [5.41, 5.74) is -0.0299. The number of carboxylic acid groups (broad SMARTS) is 1. The molecule has 0 saturated carbocycles. The minimum absolute atomic E-state index is 0.0967. The monoisotopic (exact) mass is 323 g/mol. The quantitative estimate of drug-likeness (QED) is 0.889. The Hall–Kier alpha value is -2.83. The lowest BCUT2D eigenvalue weighted by Gasteiger charge is -2.15. The van der Waals surface area contributed by atoms with E-state index in [0.717, 1.165) is 12.1 Å². The van der Waals surface area contributed by atoms with Crippen molar-refractivity contribution in [1.29, 1.82) is 0 Å². The maximum absolute atomic E-state index is 13.5. The minimum Gasteiger partial charge on any atom is -0.479 e. The first-order valence-electron chi connectivity index (χ1n) is 6.59. The zero-order valence-electron chi connectivity index (χ0n) is 11.7. The average Bonchev–Trinajstić information content (AvgIpc) is 2.50. The van der Waals surface area contributed by atoms with Gasteiger partial charge in [0.2, 0.25) is 5.91 Å². The Morgan fingerprint density at radius 1 is 1.00 bits per heavy atom. The Kier molecular flexibility index (Phi) is 5.00. The highest BCUT2D eigenvalue weighted by molar-refractivity contribution is 5.85. The van der Waals surface area contributed by atoms with Crippen LogP contribution in [0.5, 0.6) is 0 Å². The second-order valence-corrected chi connectivity index (χ2v) is 4.78. The summed E-state index contributed by atoms with van der Waals surface area (Å²) in [6, 6.07) is 6.51. The average molecular weight is 323 g/mol. The van der Waals surface area contributed by atoms with Crippen molar-refractivity contribution in [2.75, 3.05) is 0 Å². The molecule has 120 valence electrons. The highest BCUT2D eigenvalue weighted by Crippen LogP contribution is 2.17. The van der Waals surface area contributed by atoms with E-state index < -0.39 is 35.4 Å². The molecule has 2 aromatic carbocycles. The van der Waals surface area contributed by atoms with Gasteiger partial charge in [0.25, 0.3) is 0 Å². The van der Waals surface area contributed by atoms with E-state index in [9.17, 15) is 22.8 Å². The molecule has 23 heavy (non-hydrogen) atoms. The minimum atomic E-state index is -1.57. The van der Waals surface area contributed by atoms with Crippen LogP contribution in [0.4, 0.5) is 13.2 Å². The Morgan fingerprint density at radius 2 is 1.70 bits per heavy atom. The van der Waals surface area contributed by atoms with E-state index in [1.165, 1.54) is 24.3 Å². The molecule has 0 bridgehead atoms. The molecule has 2 rings (SSSR count). The summed E-state index contributed by atoms with van der Waals surface area (Å²) in [5.74, 6) is -5.15. The first-order chi connectivity index (χ1) is 10.9. The van der Waals surface area contributed by atoms with Crippen LogP contribution >= 0.6 is 0 Å². The van der Waals surface area contributed by atoms with Gasteiger partial charge < -0.3 is 10.4 Å². The predicted molar refractivity (Wildman–Crippen MR) is 75.0 cm³/mol. The summed E-state index contributed by atoms with van der Waals surface area (Å²) in [6.45, 7) is 0. The molecule has 2 aromatic rings. The van der Waals surface area contributed by atoms with Crippen LogP contribution in [0.25, 0.3) is 0 Å². The molecule has 0 radical (unpaired) electrons. The van der Waals surface area contributed by atoms with Crippen LogP contribution in [-0.2, 0) is 16.0 Å². The molecule has 0 aliphatic heterocycles. The Labute approximate surface area is 129 Å². The number of rotatable bonds is 5. The number of nitrogens with one attached hydrogen (secondary N) is 1. The van der Waals surface area contributed by atoms with E-state index in [1.54, 1.807) is 0 Å². The highest BCUT2D eigenvalue weighted by Gasteiger charge is 2.23. The molecule has 0 spiro atoms. The van der Waals surface area contributed by atoms with E-state index in [2.05, 4.69) is 5.32 Å². The zero-order chi connectivity index (χ0) is 17.0. The normalized spacial score (nSPS) is 11.8. The van der Waals surface area contributed by atoms with Crippen molar-refractivity contribution in [1.82, 2.24) is 5.32 Å². The summed E-state index contributed by atoms with van der Waals surface area (Å²) in [6.07, 6.45) is -0.375. The van der Waals surface area contributed by atoms with Crippen molar-refractivity contribution < 1.29 is 27.9 Å². The molecular formula is C16H12F3NO3. The van der Waals surface area contributed by atoms with Gasteiger partial charge in [-0.15, -0.1) is 0 Å². The smallest absolute Gasteiger partial charge is 0.330 e. The number of amides is 1. The maximum Gasteiger partial charge on any atom is 0.330 e. The highest BCUT2D eigenvalue weighted by atomic mass is 19.2. The lowest BCUT2D eigenvalue weighted by molar-refractivity contribution is -0.142. The van der Waals surface area contributed by atoms with Crippen LogP contribution in [0.2, 0.25) is 0 Å². The second-order valence-electron chi connectivity index (χ2n) is 4.78. The summed E-state index contributed by atoms with van der Waals surface area (Å²) in [7, 11) is 0. The number of benzene rings is 2. The molecule has 0 fully saturated rings. The van der Waals surface area contributed by atoms with Gasteiger partial charge in [0.1, 0.15) is 5.82 Å². The summed E-state index contributed by atoms with van der Waals surface area (Å²) in [5, 5.41) is 11.3. The topological polar surface area (TPSA) is 66.4 Å². The van der Waals surface area contributed by atoms with Crippen molar-refractivity contribution >= 4 is 11.9 Å². The fraction of sp³-hybridized carbons (Fsp3) is 0.125. The van der Waals surface area contributed by atoms with Gasteiger partial charge in [-0.25, -0.2) is 18.0 Å². The van der Waals surface area contributed by atoms with Crippen molar-refractivity contribution in [2.45, 2.75) is 12.5 Å². The Morgan fingerprint density at radius 3 is 2.30 bits per heavy atom. The van der Waals surface area contributed by atoms with E-state index in [0.29, 0.717) is 6.07 Å². The molecule has 1 amide bonds. The van der Waals surface area contributed by atoms with Gasteiger partial charge in [-0.2, -0.15) is 0 Å². The molecule has 1 atom stereocenters. The number of carbonyl (C=O) groups excluding carboxylic acids is 1. The zero-order valence-corrected chi connectivity index (χ0v) is 11.7. The Balaban J connectivity index is 2.16. The van der Waals surface area contributed by atoms with Crippen molar-refractivity contribution in [3.63, 3.8) is 0 Å². The molecule has 7 heteroatoms. The number of carboxylic acids is 1. The Bertz CT molecular complexity index is 749. The third kappa shape index (κ3) is 4.09. The van der Waals surface area contributed by atoms with Gasteiger partial charge in [-0.3, -0.25) is 4.79 Å². The molecule has 2 N–H and O–H groups in total. The summed E-state index contributed by atoms with van der Waals surface area (Å²) in [4.78, 5) is 23.1. The summed E-state index contributed by atoms with van der Waals surface area (Å²) >= 11 is 0. The second kappa shape index (κ2) is 6.95. The molecular weight excluding hydrogens is 311 g/mol. The number of halogens is 3. The fourth-order valence-electron chi connectivity index (χ4n) is 2.01. The largest absolute Gasteiger partial charge is 0.479 e. The standard InChI is InChI=1S/C16H12F3NO3/c17-11-4-2-1-3-9(11)8-14(21)20-15(16(22)23)10-5-6-12(18)13(19)7-10/h1-7,15H,8H2,(H,20,21)(H,22,23). The van der Waals surface area contributed by atoms with Crippen molar-refractivity contribution in [2.24, 2.45) is 0 Å². The lowest BCUT2D eigenvalue weighted by atomic mass is 10.1. The molecule has 0 aliphatic rings. The first-order valence-corrected chi connectivity index (χ1v) is 6.59. The number of hydrogen-bond acceptors (Lipinski definition) is 2. The lowest BCUT2D eigenvalue weighted by Crippen LogP contribution is -2.35. The van der Waals surface area contributed by atoms with Gasteiger partial charge >= 0.3 is 5.97 Å². The molecule has 1 unspecified atom stereocenters. The third-order valence-electron chi connectivity index (χ3n) is 3.14. The SMILES string of the molecule is O=C(Cc1ccccc1F)NC(C(=O)O)c1ccc(F)c(F)c1. The maximum atomic E-state index is 13.5. The van der Waals surface area contributed by atoms with Crippen LogP contribution in [0.1, 0.15) is 17.2 Å². The predicted octanol–water partition coefficient (Wildman–Crippen LogP) is 2.59. The molecule has 4 nitrogen and oxygen atoms in total. The number of carbonyl (C=O) groups is 2. The molecule has 0 aliphatic carbocycles. The summed E-state index contributed by atoms with van der Waals surface area (Å²) < 4.78 is 39.6. The van der Waals surface area contributed by atoms with Gasteiger partial charge in [0, 0.05) is 0 Å². The van der Waals surface area contributed by atoms with Crippen LogP contribution in [0.3, 0.4) is 0 Å². The van der Waals surface area contributed by atoms with Crippen molar-refractivity contribution in [3.05, 3.63) is 71.0 Å². The van der Waals surface area contributed by atoms with Crippen molar-refractivity contribution in [3.8, 4) is 0 Å². The van der Waals surface area contributed by atoms with Gasteiger partial charge in [0.15, 0.2) is 17.7 Å². The molecule has 0 aromatic heterocycles. The van der Waals surface area contributed by atoms with E-state index in [-0.39, 0.29) is 17.5 Å². The van der Waals surface area contributed by atoms with Crippen LogP contribution in [0.15, 0.2) is 42.5 Å². The number of aliphatic carboxylic acids is 1. The van der Waals surface area contributed by atoms with Gasteiger partial charge in [0.05, 0.1) is 6.42 Å². The molecule has 0 saturated heterocycles.